The standard InChI is InChI=1S/C13H15N7O3/c1-5(21)22-3-6-8-9-12(23-6)19-11-7(10(14)15-4-16-11)17-13(19)18(2)20(8)9/h4,6,8-9,12H,3H2,1-2H3,(H2,14,15,16). The first kappa shape index (κ1) is 13.0. The SMILES string of the molecule is CC(=O)OCC1OC2C3C1N3N(C)c1nc3c(N)ncnc3n12. The van der Waals surface area contributed by atoms with Gasteiger partial charge in [0.05, 0.1) is 12.1 Å². The first-order chi connectivity index (χ1) is 11.1. The molecule has 120 valence electrons. The van der Waals surface area contributed by atoms with Gasteiger partial charge in [-0.25, -0.2) is 20.0 Å². The third-order valence-corrected chi connectivity index (χ3v) is 4.69. The number of ether oxygens (including phenoxy) is 2. The Bertz CT molecular complexity index is 836. The molecule has 0 saturated carbocycles. The molecule has 5 heterocycles. The molecule has 2 N–H and O–H groups in total. The minimum absolute atomic E-state index is 0.166. The van der Waals surface area contributed by atoms with Gasteiger partial charge in [0, 0.05) is 14.0 Å². The van der Waals surface area contributed by atoms with E-state index in [2.05, 4.69) is 20.0 Å². The van der Waals surface area contributed by atoms with Gasteiger partial charge in [0.1, 0.15) is 19.0 Å². The normalized spacial score (nSPS) is 33.5. The zero-order valence-electron chi connectivity index (χ0n) is 12.6. The van der Waals surface area contributed by atoms with Crippen molar-refractivity contribution in [3.05, 3.63) is 6.33 Å². The van der Waals surface area contributed by atoms with Crippen LogP contribution in [0, 0.1) is 0 Å². The fraction of sp³-hybridized carbons (Fsp3) is 0.538. The van der Waals surface area contributed by atoms with Crippen molar-refractivity contribution >= 4 is 28.9 Å². The summed E-state index contributed by atoms with van der Waals surface area (Å²) >= 11 is 0. The lowest BCUT2D eigenvalue weighted by atomic mass is 10.2. The highest BCUT2D eigenvalue weighted by Gasteiger charge is 2.69. The lowest BCUT2D eigenvalue weighted by Crippen LogP contribution is -2.43. The Morgan fingerprint density at radius 3 is 3.04 bits per heavy atom. The fourth-order valence-electron chi connectivity index (χ4n) is 3.72. The number of carbonyl (C=O) groups is 1. The van der Waals surface area contributed by atoms with Crippen molar-refractivity contribution < 1.29 is 14.3 Å². The summed E-state index contributed by atoms with van der Waals surface area (Å²) in [7, 11) is 1.94. The monoisotopic (exact) mass is 317 g/mol. The van der Waals surface area contributed by atoms with E-state index in [1.807, 2.05) is 16.6 Å². The molecule has 0 aromatic carbocycles. The molecule has 2 saturated heterocycles. The Hall–Kier alpha value is -2.46. The van der Waals surface area contributed by atoms with E-state index in [1.165, 1.54) is 13.3 Å². The molecule has 5 unspecified atom stereocenters. The van der Waals surface area contributed by atoms with E-state index in [4.69, 9.17) is 15.2 Å². The molecular formula is C13H15N7O3. The van der Waals surface area contributed by atoms with Crippen LogP contribution < -0.4 is 10.7 Å². The largest absolute Gasteiger partial charge is 0.463 e. The van der Waals surface area contributed by atoms with Gasteiger partial charge in [-0.2, -0.15) is 0 Å². The molecule has 0 spiro atoms. The van der Waals surface area contributed by atoms with E-state index in [0.717, 1.165) is 5.95 Å². The summed E-state index contributed by atoms with van der Waals surface area (Å²) < 4.78 is 13.2. The summed E-state index contributed by atoms with van der Waals surface area (Å²) in [6.45, 7) is 1.64. The van der Waals surface area contributed by atoms with Gasteiger partial charge in [0.2, 0.25) is 5.95 Å². The number of morpholine rings is 1. The minimum Gasteiger partial charge on any atom is -0.463 e. The third kappa shape index (κ3) is 1.54. The average Bonchev–Trinajstić information content (AvgIpc) is 2.95. The van der Waals surface area contributed by atoms with E-state index in [1.54, 1.807) is 0 Å². The smallest absolute Gasteiger partial charge is 0.302 e. The van der Waals surface area contributed by atoms with Crippen molar-refractivity contribution in [2.24, 2.45) is 0 Å². The first-order valence-electron chi connectivity index (χ1n) is 7.37. The summed E-state index contributed by atoms with van der Waals surface area (Å²) in [5.41, 5.74) is 7.13. The van der Waals surface area contributed by atoms with Crippen LogP contribution in [0.5, 0.6) is 0 Å². The van der Waals surface area contributed by atoms with Crippen LogP contribution >= 0.6 is 0 Å². The number of nitrogen functional groups attached to an aromatic ring is 1. The first-order valence-corrected chi connectivity index (χ1v) is 7.37. The maximum atomic E-state index is 11.1. The predicted octanol–water partition coefficient (Wildman–Crippen LogP) is -0.713. The summed E-state index contributed by atoms with van der Waals surface area (Å²) in [5, 5.41) is 4.17. The zero-order chi connectivity index (χ0) is 15.9. The quantitative estimate of drug-likeness (QED) is 0.567. The molecular weight excluding hydrogens is 302 g/mol. The van der Waals surface area contributed by atoms with Gasteiger partial charge in [-0.1, -0.05) is 0 Å². The van der Waals surface area contributed by atoms with Crippen LogP contribution in [0.15, 0.2) is 6.33 Å². The van der Waals surface area contributed by atoms with Gasteiger partial charge in [0.15, 0.2) is 23.2 Å². The zero-order valence-corrected chi connectivity index (χ0v) is 12.6. The van der Waals surface area contributed by atoms with Crippen LogP contribution in [0.4, 0.5) is 11.8 Å². The van der Waals surface area contributed by atoms with E-state index in [9.17, 15) is 4.79 Å². The highest BCUT2D eigenvalue weighted by molar-refractivity contribution is 5.84. The maximum Gasteiger partial charge on any atom is 0.302 e. The molecule has 3 aliphatic heterocycles. The molecule has 0 radical (unpaired) electrons. The van der Waals surface area contributed by atoms with E-state index in [-0.39, 0.29) is 37.0 Å². The summed E-state index contributed by atoms with van der Waals surface area (Å²) in [6, 6.07) is 0.377. The molecule has 0 amide bonds. The van der Waals surface area contributed by atoms with Gasteiger partial charge in [-0.15, -0.1) is 0 Å². The number of carbonyl (C=O) groups excluding carboxylic acids is 1. The number of esters is 1. The molecule has 2 aromatic heterocycles. The topological polar surface area (TPSA) is 111 Å². The van der Waals surface area contributed by atoms with E-state index >= 15 is 0 Å². The van der Waals surface area contributed by atoms with Gasteiger partial charge >= 0.3 is 5.97 Å². The van der Waals surface area contributed by atoms with Crippen molar-refractivity contribution in [3.8, 4) is 0 Å². The molecule has 2 fully saturated rings. The minimum atomic E-state index is -0.305. The van der Waals surface area contributed by atoms with Crippen LogP contribution in [0.1, 0.15) is 13.2 Å². The second-order valence-electron chi connectivity index (χ2n) is 5.97. The van der Waals surface area contributed by atoms with Crippen molar-refractivity contribution in [2.75, 3.05) is 24.4 Å². The number of nitrogens with two attached hydrogens (primary N) is 1. The number of fused-ring (bicyclic) bond motifs is 5. The van der Waals surface area contributed by atoms with E-state index in [0.29, 0.717) is 17.0 Å². The molecule has 3 aliphatic rings. The number of hydrogen-bond donors (Lipinski definition) is 1. The lowest BCUT2D eigenvalue weighted by Gasteiger charge is -2.34. The fourth-order valence-corrected chi connectivity index (χ4v) is 3.72. The van der Waals surface area contributed by atoms with Gasteiger partial charge in [0.25, 0.3) is 0 Å². The highest BCUT2D eigenvalue weighted by Crippen LogP contribution is 2.54. The van der Waals surface area contributed by atoms with Crippen molar-refractivity contribution in [1.29, 1.82) is 0 Å². The molecule has 0 bridgehead atoms. The Morgan fingerprint density at radius 1 is 1.43 bits per heavy atom. The number of hydrazine groups is 1. The van der Waals surface area contributed by atoms with E-state index < -0.39 is 0 Å². The maximum absolute atomic E-state index is 11.1. The number of hydrogen-bond acceptors (Lipinski definition) is 9. The number of anilines is 2. The second-order valence-corrected chi connectivity index (χ2v) is 5.97. The second kappa shape index (κ2) is 4.09. The van der Waals surface area contributed by atoms with Crippen molar-refractivity contribution in [1.82, 2.24) is 24.5 Å². The molecule has 23 heavy (non-hydrogen) atoms. The summed E-state index contributed by atoms with van der Waals surface area (Å²) in [4.78, 5) is 23.9. The highest BCUT2D eigenvalue weighted by atomic mass is 16.6. The van der Waals surface area contributed by atoms with Crippen LogP contribution in [0.3, 0.4) is 0 Å². The predicted molar refractivity (Wildman–Crippen MR) is 78.1 cm³/mol. The van der Waals surface area contributed by atoms with Gasteiger partial charge in [-0.05, 0) is 0 Å². The average molecular weight is 317 g/mol. The van der Waals surface area contributed by atoms with Crippen LogP contribution in [0.2, 0.25) is 0 Å². The molecule has 10 nitrogen and oxygen atoms in total. The number of nitrogens with zero attached hydrogens (tertiary/aromatic N) is 6. The number of imidazole rings is 1. The number of aromatic nitrogens is 4. The summed E-state index contributed by atoms with van der Waals surface area (Å²) in [6.07, 6.45) is 1.04. The summed E-state index contributed by atoms with van der Waals surface area (Å²) in [5.74, 6) is 0.766. The Kier molecular flexibility index (Phi) is 2.31. The van der Waals surface area contributed by atoms with Crippen molar-refractivity contribution in [2.45, 2.75) is 31.3 Å². The molecule has 5 atom stereocenters. The third-order valence-electron chi connectivity index (χ3n) is 4.69. The molecule has 5 rings (SSSR count). The lowest BCUT2D eigenvalue weighted by molar-refractivity contribution is -0.148. The molecule has 0 aliphatic carbocycles. The number of rotatable bonds is 2. The Balaban J connectivity index is 1.57. The van der Waals surface area contributed by atoms with Gasteiger partial charge in [-0.3, -0.25) is 14.4 Å². The van der Waals surface area contributed by atoms with Crippen molar-refractivity contribution in [3.63, 3.8) is 0 Å². The van der Waals surface area contributed by atoms with Crippen LogP contribution in [0.25, 0.3) is 11.2 Å². The van der Waals surface area contributed by atoms with Crippen LogP contribution in [-0.4, -0.2) is 62.3 Å². The Labute approximate surface area is 130 Å². The van der Waals surface area contributed by atoms with Gasteiger partial charge < -0.3 is 15.2 Å². The molecule has 2 aromatic rings. The van der Waals surface area contributed by atoms with Crippen LogP contribution in [-0.2, 0) is 14.3 Å². The molecule has 10 heteroatoms. The Morgan fingerprint density at radius 2 is 2.26 bits per heavy atom.